The van der Waals surface area contributed by atoms with Gasteiger partial charge in [0, 0.05) is 29.5 Å². The number of aliphatic carboxylic acids is 1. The number of sulfonamides is 1. The molecule has 0 aliphatic rings. The number of nitrogens with zero attached hydrogens (tertiary/aromatic N) is 1. The van der Waals surface area contributed by atoms with Crippen molar-refractivity contribution < 1.29 is 33.1 Å². The number of hydrogen-bond acceptors (Lipinski definition) is 7. The summed E-state index contributed by atoms with van der Waals surface area (Å²) < 4.78 is 26.8. The number of nitro groups is 1. The zero-order valence-corrected chi connectivity index (χ0v) is 14.2. The minimum atomic E-state index is -4.00. The summed E-state index contributed by atoms with van der Waals surface area (Å²) in [5.74, 6) is -3.63. The van der Waals surface area contributed by atoms with E-state index in [9.17, 15) is 33.2 Å². The van der Waals surface area contributed by atoms with Crippen LogP contribution in [0.4, 0.5) is 11.4 Å². The maximum atomic E-state index is 12.3. The molecular formula is C16H12N2O8S. The van der Waals surface area contributed by atoms with Crippen LogP contribution in [0, 0.1) is 10.1 Å². The molecule has 0 amide bonds. The molecule has 0 aromatic heterocycles. The molecule has 0 saturated heterocycles. The molecule has 10 nitrogen and oxygen atoms in total. The van der Waals surface area contributed by atoms with Crippen LogP contribution < -0.4 is 4.72 Å². The lowest BCUT2D eigenvalue weighted by Gasteiger charge is -2.08. The van der Waals surface area contributed by atoms with E-state index in [1.54, 1.807) is 0 Å². The molecule has 0 radical (unpaired) electrons. The first kappa shape index (κ1) is 19.6. The topological polar surface area (TPSA) is 164 Å². The number of carboxylic acids is 1. The van der Waals surface area contributed by atoms with Gasteiger partial charge in [-0.15, -0.1) is 0 Å². The Kier molecular flexibility index (Phi) is 5.56. The summed E-state index contributed by atoms with van der Waals surface area (Å²) in [6, 6.07) is 9.40. The van der Waals surface area contributed by atoms with Gasteiger partial charge < -0.3 is 10.2 Å². The highest BCUT2D eigenvalue weighted by atomic mass is 32.2. The zero-order chi connectivity index (χ0) is 20.2. The van der Waals surface area contributed by atoms with Gasteiger partial charge in [0.1, 0.15) is 5.76 Å². The second-order valence-electron chi connectivity index (χ2n) is 5.13. The average molecular weight is 392 g/mol. The number of ketones is 1. The Bertz CT molecular complexity index is 1030. The molecule has 0 spiro atoms. The van der Waals surface area contributed by atoms with Gasteiger partial charge in [-0.2, -0.15) is 0 Å². The molecule has 0 fully saturated rings. The van der Waals surface area contributed by atoms with Gasteiger partial charge in [-0.1, -0.05) is 0 Å². The van der Waals surface area contributed by atoms with Crippen molar-refractivity contribution in [3.63, 3.8) is 0 Å². The van der Waals surface area contributed by atoms with Gasteiger partial charge in [0.05, 0.1) is 9.82 Å². The van der Waals surface area contributed by atoms with Crippen LogP contribution in [-0.4, -0.2) is 35.3 Å². The molecule has 0 saturated carbocycles. The monoisotopic (exact) mass is 392 g/mol. The van der Waals surface area contributed by atoms with Crippen LogP contribution >= 0.6 is 0 Å². The molecule has 140 valence electrons. The molecule has 0 atom stereocenters. The van der Waals surface area contributed by atoms with Gasteiger partial charge in [0.15, 0.2) is 0 Å². The maximum absolute atomic E-state index is 12.3. The fourth-order valence-corrected chi connectivity index (χ4v) is 3.00. The van der Waals surface area contributed by atoms with Crippen molar-refractivity contribution in [1.29, 1.82) is 0 Å². The Balaban J connectivity index is 2.19. The molecule has 27 heavy (non-hydrogen) atoms. The molecule has 0 unspecified atom stereocenters. The van der Waals surface area contributed by atoms with E-state index in [1.165, 1.54) is 24.3 Å². The quantitative estimate of drug-likeness (QED) is 0.211. The smallest absolute Gasteiger partial charge is 0.376 e. The summed E-state index contributed by atoms with van der Waals surface area (Å²) in [7, 11) is -4.00. The maximum Gasteiger partial charge on any atom is 0.376 e. The molecule has 2 rings (SSSR count). The number of non-ortho nitro benzene ring substituents is 1. The van der Waals surface area contributed by atoms with Crippen molar-refractivity contribution in [2.45, 2.75) is 4.90 Å². The van der Waals surface area contributed by atoms with Gasteiger partial charge in [-0.25, -0.2) is 13.2 Å². The van der Waals surface area contributed by atoms with Crippen molar-refractivity contribution in [2.24, 2.45) is 0 Å². The normalized spacial score (nSPS) is 11.6. The van der Waals surface area contributed by atoms with Gasteiger partial charge >= 0.3 is 5.97 Å². The van der Waals surface area contributed by atoms with E-state index in [1.807, 2.05) is 0 Å². The highest BCUT2D eigenvalue weighted by Gasteiger charge is 2.16. The lowest BCUT2D eigenvalue weighted by atomic mass is 10.1. The number of nitrogens with one attached hydrogen (secondary N) is 1. The van der Waals surface area contributed by atoms with Crippen molar-refractivity contribution in [1.82, 2.24) is 0 Å². The Hall–Kier alpha value is -3.73. The first-order valence-corrected chi connectivity index (χ1v) is 8.64. The fraction of sp³-hybridized carbons (Fsp3) is 0. The molecule has 0 heterocycles. The van der Waals surface area contributed by atoms with E-state index >= 15 is 0 Å². The summed E-state index contributed by atoms with van der Waals surface area (Å²) in [5, 5.41) is 28.8. The number of carboxylic acid groups (broad SMARTS) is 1. The van der Waals surface area contributed by atoms with Crippen molar-refractivity contribution in [3.05, 3.63) is 70.3 Å². The van der Waals surface area contributed by atoms with Crippen molar-refractivity contribution >= 4 is 38.9 Å². The molecule has 0 aliphatic carbocycles. The van der Waals surface area contributed by atoms with Crippen molar-refractivity contribution in [2.75, 3.05) is 4.72 Å². The van der Waals surface area contributed by atoms with Crippen LogP contribution in [0.1, 0.15) is 5.56 Å². The van der Waals surface area contributed by atoms with E-state index in [-0.39, 0.29) is 21.8 Å². The SMILES string of the molecule is O=C(O)C(=O)/C=C(\O)c1ccc(NS(=O)(=O)c2ccc([N+](=O)[O-])cc2)cc1. The van der Waals surface area contributed by atoms with Crippen LogP contribution in [0.25, 0.3) is 5.76 Å². The predicted molar refractivity (Wildman–Crippen MR) is 93.6 cm³/mol. The number of hydrogen-bond donors (Lipinski definition) is 3. The number of aliphatic hydroxyl groups is 1. The Morgan fingerprint density at radius 2 is 1.56 bits per heavy atom. The number of rotatable bonds is 7. The lowest BCUT2D eigenvalue weighted by molar-refractivity contribution is -0.384. The second kappa shape index (κ2) is 7.66. The highest BCUT2D eigenvalue weighted by Crippen LogP contribution is 2.21. The summed E-state index contributed by atoms with van der Waals surface area (Å²) in [4.78, 5) is 31.2. The number of aliphatic hydroxyl groups excluding tert-OH is 1. The minimum absolute atomic E-state index is 0.0999. The number of carbonyl (C=O) groups is 2. The predicted octanol–water partition coefficient (Wildman–Crippen LogP) is 1.95. The summed E-state index contributed by atoms with van der Waals surface area (Å²) >= 11 is 0. The lowest BCUT2D eigenvalue weighted by Crippen LogP contribution is -2.13. The van der Waals surface area contributed by atoms with E-state index in [4.69, 9.17) is 5.11 Å². The third kappa shape index (κ3) is 4.89. The van der Waals surface area contributed by atoms with Gasteiger partial charge in [0.25, 0.3) is 21.5 Å². The average Bonchev–Trinajstić information content (AvgIpc) is 2.61. The molecule has 3 N–H and O–H groups in total. The number of nitro benzene ring substituents is 1. The third-order valence-electron chi connectivity index (χ3n) is 3.27. The third-order valence-corrected chi connectivity index (χ3v) is 4.67. The van der Waals surface area contributed by atoms with Crippen LogP contribution in [0.15, 0.2) is 59.5 Å². The zero-order valence-electron chi connectivity index (χ0n) is 13.4. The van der Waals surface area contributed by atoms with Crippen LogP contribution in [-0.2, 0) is 19.6 Å². The van der Waals surface area contributed by atoms with Crippen LogP contribution in [0.2, 0.25) is 0 Å². The van der Waals surface area contributed by atoms with Crippen LogP contribution in [0.5, 0.6) is 0 Å². The number of benzene rings is 2. The fourth-order valence-electron chi connectivity index (χ4n) is 1.94. The standard InChI is InChI=1S/C16H12N2O8S/c19-14(9-15(20)16(21)22)10-1-3-11(4-2-10)17-27(25,26)13-7-5-12(6-8-13)18(23)24/h1-9,17,19H,(H,21,22)/b14-9-. The van der Waals surface area contributed by atoms with E-state index in [0.717, 1.165) is 24.3 Å². The Morgan fingerprint density at radius 3 is 2.04 bits per heavy atom. The largest absolute Gasteiger partial charge is 0.507 e. The van der Waals surface area contributed by atoms with Crippen LogP contribution in [0.3, 0.4) is 0 Å². The van der Waals surface area contributed by atoms with Gasteiger partial charge in [-0.05, 0) is 36.4 Å². The number of carbonyl (C=O) groups excluding carboxylic acids is 1. The Labute approximate surface area is 152 Å². The van der Waals surface area contributed by atoms with Crippen molar-refractivity contribution in [3.8, 4) is 0 Å². The molecular weight excluding hydrogens is 380 g/mol. The second-order valence-corrected chi connectivity index (χ2v) is 6.82. The Morgan fingerprint density at radius 1 is 1.00 bits per heavy atom. The first-order chi connectivity index (χ1) is 12.6. The molecule has 0 aliphatic heterocycles. The minimum Gasteiger partial charge on any atom is -0.507 e. The molecule has 0 bridgehead atoms. The summed E-state index contributed by atoms with van der Waals surface area (Å²) in [6.45, 7) is 0. The molecule has 2 aromatic carbocycles. The summed E-state index contributed by atoms with van der Waals surface area (Å²) in [5.41, 5.74) is -0.0335. The summed E-state index contributed by atoms with van der Waals surface area (Å²) in [6.07, 6.45) is 0.526. The van der Waals surface area contributed by atoms with E-state index < -0.39 is 32.5 Å². The van der Waals surface area contributed by atoms with E-state index in [2.05, 4.69) is 4.72 Å². The van der Waals surface area contributed by atoms with E-state index in [0.29, 0.717) is 6.08 Å². The van der Waals surface area contributed by atoms with Gasteiger partial charge in [-0.3, -0.25) is 19.6 Å². The first-order valence-electron chi connectivity index (χ1n) is 7.16. The van der Waals surface area contributed by atoms with Gasteiger partial charge in [0.2, 0.25) is 0 Å². The molecule has 2 aromatic rings. The highest BCUT2D eigenvalue weighted by molar-refractivity contribution is 7.92. The molecule has 11 heteroatoms. The number of anilines is 1.